The van der Waals surface area contributed by atoms with Crippen molar-refractivity contribution in [2.24, 2.45) is 0 Å². The van der Waals surface area contributed by atoms with Gasteiger partial charge in [-0.3, -0.25) is 4.79 Å². The summed E-state index contributed by atoms with van der Waals surface area (Å²) < 4.78 is 0. The average Bonchev–Trinajstić information content (AvgIpc) is 2.52. The topological polar surface area (TPSA) is 98.0 Å². The number of unbranched alkanes of at least 4 members (excludes halogenated alkanes) is 1. The van der Waals surface area contributed by atoms with Gasteiger partial charge in [0.15, 0.2) is 0 Å². The molecule has 0 aliphatic heterocycles. The molecule has 5 heteroatoms. The molecule has 2 aromatic carbocycles. The van der Waals surface area contributed by atoms with Crippen molar-refractivity contribution in [1.29, 1.82) is 0 Å². The highest BCUT2D eigenvalue weighted by atomic mass is 16.4. The van der Waals surface area contributed by atoms with Crippen molar-refractivity contribution in [3.63, 3.8) is 0 Å². The molecule has 0 heterocycles. The zero-order valence-corrected chi connectivity index (χ0v) is 13.5. The van der Waals surface area contributed by atoms with E-state index >= 15 is 0 Å². The van der Waals surface area contributed by atoms with Gasteiger partial charge in [0.2, 0.25) is 0 Å². The van der Waals surface area contributed by atoms with E-state index in [0.717, 1.165) is 18.4 Å². The van der Waals surface area contributed by atoms with Crippen LogP contribution in [0, 0.1) is 0 Å². The van der Waals surface area contributed by atoms with Crippen molar-refractivity contribution < 1.29 is 25.2 Å². The fourth-order valence-corrected chi connectivity index (χ4v) is 1.82. The predicted octanol–water partition coefficient (Wildman–Crippen LogP) is 4.24. The van der Waals surface area contributed by atoms with Gasteiger partial charge >= 0.3 is 5.97 Å². The molecule has 0 radical (unpaired) electrons. The predicted molar refractivity (Wildman–Crippen MR) is 94.0 cm³/mol. The summed E-state index contributed by atoms with van der Waals surface area (Å²) in [4.78, 5) is 9.76. The van der Waals surface area contributed by atoms with Crippen molar-refractivity contribution in [2.45, 2.75) is 26.2 Å². The van der Waals surface area contributed by atoms with E-state index in [0.29, 0.717) is 12.0 Å². The Morgan fingerprint density at radius 3 is 1.88 bits per heavy atom. The number of hydrogen-bond donors (Lipinski definition) is 4. The number of carboxylic acid groups (broad SMARTS) is 1. The lowest BCUT2D eigenvalue weighted by Gasteiger charge is -1.98. The van der Waals surface area contributed by atoms with Gasteiger partial charge in [0.05, 0.1) is 0 Å². The van der Waals surface area contributed by atoms with Crippen LogP contribution in [0.2, 0.25) is 0 Å². The van der Waals surface area contributed by atoms with Crippen LogP contribution in [0.25, 0.3) is 12.2 Å². The van der Waals surface area contributed by atoms with Crippen molar-refractivity contribution in [3.05, 3.63) is 53.6 Å². The lowest BCUT2D eigenvalue weighted by Crippen LogP contribution is -1.91. The summed E-state index contributed by atoms with van der Waals surface area (Å²) in [5, 5.41) is 35.8. The van der Waals surface area contributed by atoms with Gasteiger partial charge in [0.25, 0.3) is 0 Å². The Morgan fingerprint density at radius 2 is 1.42 bits per heavy atom. The fraction of sp³-hybridized carbons (Fsp3) is 0.211. The van der Waals surface area contributed by atoms with E-state index in [1.54, 1.807) is 42.5 Å². The van der Waals surface area contributed by atoms with Gasteiger partial charge < -0.3 is 20.4 Å². The number of aliphatic carboxylic acids is 1. The van der Waals surface area contributed by atoms with Crippen LogP contribution in [0.5, 0.6) is 17.2 Å². The van der Waals surface area contributed by atoms with Crippen molar-refractivity contribution in [2.75, 3.05) is 0 Å². The standard InChI is InChI=1S/C14H12O3.C5H10O2/c15-12-5-3-10(4-6-12)1-2-11-7-13(16)9-14(17)8-11;1-2-3-4-5(6)7/h1-9,15-17H;2-4H2,1H3,(H,6,7)/b2-1+;. The molecule has 2 aromatic rings. The van der Waals surface area contributed by atoms with Gasteiger partial charge in [-0.05, 0) is 41.8 Å². The van der Waals surface area contributed by atoms with Crippen LogP contribution in [0.4, 0.5) is 0 Å². The lowest BCUT2D eigenvalue weighted by molar-refractivity contribution is -0.137. The first-order valence-corrected chi connectivity index (χ1v) is 7.62. The Kier molecular flexibility index (Phi) is 7.91. The van der Waals surface area contributed by atoms with Gasteiger partial charge in [-0.25, -0.2) is 0 Å². The monoisotopic (exact) mass is 330 g/mol. The van der Waals surface area contributed by atoms with E-state index in [1.165, 1.54) is 6.07 Å². The molecule has 24 heavy (non-hydrogen) atoms. The molecule has 0 saturated heterocycles. The Balaban J connectivity index is 0.000000351. The maximum atomic E-state index is 9.76. The number of hydrogen-bond acceptors (Lipinski definition) is 4. The maximum absolute atomic E-state index is 9.76. The molecule has 0 aliphatic rings. The van der Waals surface area contributed by atoms with Gasteiger partial charge in [0, 0.05) is 12.5 Å². The molecule has 2 rings (SSSR count). The Bertz CT molecular complexity index is 654. The minimum atomic E-state index is -0.693. The highest BCUT2D eigenvalue weighted by Gasteiger charge is 1.96. The van der Waals surface area contributed by atoms with Gasteiger partial charge in [0.1, 0.15) is 17.2 Å². The highest BCUT2D eigenvalue weighted by molar-refractivity contribution is 5.71. The summed E-state index contributed by atoms with van der Waals surface area (Å²) in [5.41, 5.74) is 1.63. The van der Waals surface area contributed by atoms with E-state index < -0.39 is 5.97 Å². The first-order valence-electron chi connectivity index (χ1n) is 7.62. The maximum Gasteiger partial charge on any atom is 0.303 e. The van der Waals surface area contributed by atoms with Gasteiger partial charge in [-0.2, -0.15) is 0 Å². The van der Waals surface area contributed by atoms with Crippen molar-refractivity contribution in [1.82, 2.24) is 0 Å². The molecule has 0 spiro atoms. The van der Waals surface area contributed by atoms with Crippen LogP contribution in [0.3, 0.4) is 0 Å². The first-order chi connectivity index (χ1) is 11.4. The largest absolute Gasteiger partial charge is 0.508 e. The van der Waals surface area contributed by atoms with Crippen molar-refractivity contribution >= 4 is 18.1 Å². The zero-order chi connectivity index (χ0) is 17.9. The smallest absolute Gasteiger partial charge is 0.303 e. The number of phenols is 3. The molecule has 0 bridgehead atoms. The van der Waals surface area contributed by atoms with E-state index in [4.69, 9.17) is 10.2 Å². The fourth-order valence-electron chi connectivity index (χ4n) is 1.82. The third-order valence-electron chi connectivity index (χ3n) is 3.03. The summed E-state index contributed by atoms with van der Waals surface area (Å²) in [7, 11) is 0. The molecule has 0 atom stereocenters. The second kappa shape index (κ2) is 9.94. The zero-order valence-electron chi connectivity index (χ0n) is 13.5. The summed E-state index contributed by atoms with van der Waals surface area (Å²) >= 11 is 0. The van der Waals surface area contributed by atoms with E-state index in [2.05, 4.69) is 0 Å². The average molecular weight is 330 g/mol. The molecule has 0 aromatic heterocycles. The molecule has 0 aliphatic carbocycles. The first kappa shape index (κ1) is 19.1. The summed E-state index contributed by atoms with van der Waals surface area (Å²) in [5.74, 6) is -0.426. The number of aromatic hydroxyl groups is 3. The third kappa shape index (κ3) is 7.89. The second-order valence-electron chi connectivity index (χ2n) is 5.20. The lowest BCUT2D eigenvalue weighted by atomic mass is 10.1. The van der Waals surface area contributed by atoms with E-state index in [9.17, 15) is 15.0 Å². The summed E-state index contributed by atoms with van der Waals surface area (Å²) in [6.45, 7) is 1.98. The molecule has 0 amide bonds. The minimum absolute atomic E-state index is 0.0235. The Morgan fingerprint density at radius 1 is 0.875 bits per heavy atom. The molecule has 0 unspecified atom stereocenters. The van der Waals surface area contributed by atoms with Gasteiger partial charge in [-0.15, -0.1) is 0 Å². The molecule has 0 fully saturated rings. The van der Waals surface area contributed by atoms with Crippen molar-refractivity contribution in [3.8, 4) is 17.2 Å². The molecule has 4 N–H and O–H groups in total. The van der Waals surface area contributed by atoms with Crippen LogP contribution in [-0.2, 0) is 4.79 Å². The second-order valence-corrected chi connectivity index (χ2v) is 5.20. The minimum Gasteiger partial charge on any atom is -0.508 e. The SMILES string of the molecule is CCCCC(=O)O.Oc1ccc(/C=C/c2cc(O)cc(O)c2)cc1. The summed E-state index contributed by atoms with van der Waals surface area (Å²) in [6.07, 6.45) is 5.68. The van der Waals surface area contributed by atoms with E-state index in [-0.39, 0.29) is 17.2 Å². The quantitative estimate of drug-likeness (QED) is 0.615. The molecule has 5 nitrogen and oxygen atoms in total. The molecular weight excluding hydrogens is 308 g/mol. The number of rotatable bonds is 5. The van der Waals surface area contributed by atoms with Crippen LogP contribution in [0.15, 0.2) is 42.5 Å². The number of carbonyl (C=O) groups is 1. The van der Waals surface area contributed by atoms with Crippen LogP contribution in [-0.4, -0.2) is 26.4 Å². The number of benzene rings is 2. The molecule has 128 valence electrons. The number of phenolic OH excluding ortho intramolecular Hbond substituents is 3. The number of carboxylic acids is 1. The van der Waals surface area contributed by atoms with Crippen LogP contribution >= 0.6 is 0 Å². The molecular formula is C19H22O5. The van der Waals surface area contributed by atoms with Crippen LogP contribution in [0.1, 0.15) is 37.3 Å². The van der Waals surface area contributed by atoms with Crippen LogP contribution < -0.4 is 0 Å². The summed E-state index contributed by atoms with van der Waals surface area (Å²) in [6, 6.07) is 11.1. The highest BCUT2D eigenvalue weighted by Crippen LogP contribution is 2.22. The van der Waals surface area contributed by atoms with E-state index in [1.807, 2.05) is 13.0 Å². The third-order valence-corrected chi connectivity index (χ3v) is 3.03. The molecule has 0 saturated carbocycles. The Labute approximate surface area is 141 Å². The van der Waals surface area contributed by atoms with Gasteiger partial charge in [-0.1, -0.05) is 37.6 Å². The normalized spacial score (nSPS) is 10.2. The Hall–Kier alpha value is -2.95.